The average Bonchev–Trinajstić information content (AvgIpc) is 2.39. The molecule has 0 spiro atoms. The Bertz CT molecular complexity index is 390. The van der Waals surface area contributed by atoms with Crippen LogP contribution >= 0.6 is 0 Å². The molecule has 2 rings (SSSR count). The number of amides is 1. The Morgan fingerprint density at radius 1 is 1.41 bits per heavy atom. The number of benzene rings is 1. The normalized spacial score (nSPS) is 24.7. The van der Waals surface area contributed by atoms with Crippen LogP contribution in [0.1, 0.15) is 25.3 Å². The van der Waals surface area contributed by atoms with Crippen LogP contribution in [0.2, 0.25) is 0 Å². The van der Waals surface area contributed by atoms with Crippen LogP contribution in [0.3, 0.4) is 0 Å². The van der Waals surface area contributed by atoms with Gasteiger partial charge in [0, 0.05) is 18.5 Å². The molecule has 1 amide bonds. The summed E-state index contributed by atoms with van der Waals surface area (Å²) in [6.45, 7) is 3.98. The van der Waals surface area contributed by atoms with Gasteiger partial charge in [-0.25, -0.2) is 0 Å². The van der Waals surface area contributed by atoms with E-state index in [0.717, 1.165) is 25.9 Å². The van der Waals surface area contributed by atoms with Gasteiger partial charge in [-0.1, -0.05) is 37.3 Å². The second-order valence-electron chi connectivity index (χ2n) is 5.05. The van der Waals surface area contributed by atoms with Crippen molar-refractivity contribution in [3.63, 3.8) is 0 Å². The third-order valence-corrected chi connectivity index (χ3v) is 3.69. The van der Waals surface area contributed by atoms with Gasteiger partial charge < -0.3 is 10.6 Å². The summed E-state index contributed by atoms with van der Waals surface area (Å²) in [5, 5.41) is 0. The molecule has 1 atom stereocenters. The van der Waals surface area contributed by atoms with Crippen molar-refractivity contribution < 1.29 is 4.79 Å². The average molecular weight is 232 g/mol. The van der Waals surface area contributed by atoms with Crippen molar-refractivity contribution in [3.8, 4) is 0 Å². The quantitative estimate of drug-likeness (QED) is 0.840. The standard InChI is InChI=1S/C14H20N2O/c1-14(12-6-3-2-4-7-12)8-5-9-16(11-14)13(17)10-15/h2-4,6-7H,5,8-11,15H2,1H3. The summed E-state index contributed by atoms with van der Waals surface area (Å²) < 4.78 is 0. The topological polar surface area (TPSA) is 46.3 Å². The summed E-state index contributed by atoms with van der Waals surface area (Å²) in [5.74, 6) is 0.0619. The zero-order valence-electron chi connectivity index (χ0n) is 10.4. The van der Waals surface area contributed by atoms with Gasteiger partial charge in [-0.3, -0.25) is 4.79 Å². The number of carbonyl (C=O) groups excluding carboxylic acids is 1. The number of rotatable bonds is 2. The zero-order chi connectivity index (χ0) is 12.3. The van der Waals surface area contributed by atoms with Gasteiger partial charge in [0.1, 0.15) is 0 Å². The maximum atomic E-state index is 11.7. The van der Waals surface area contributed by atoms with Crippen molar-refractivity contribution in [2.24, 2.45) is 5.73 Å². The summed E-state index contributed by atoms with van der Waals surface area (Å²) in [6, 6.07) is 10.4. The van der Waals surface area contributed by atoms with Crippen LogP contribution in [-0.2, 0) is 10.2 Å². The summed E-state index contributed by atoms with van der Waals surface area (Å²) in [5.41, 5.74) is 6.83. The van der Waals surface area contributed by atoms with E-state index in [1.54, 1.807) is 0 Å². The fourth-order valence-electron chi connectivity index (χ4n) is 2.66. The Kier molecular flexibility index (Phi) is 3.48. The molecule has 1 aromatic carbocycles. The van der Waals surface area contributed by atoms with Crippen LogP contribution in [-0.4, -0.2) is 30.4 Å². The number of piperidine rings is 1. The second kappa shape index (κ2) is 4.88. The molecule has 0 bridgehead atoms. The highest BCUT2D eigenvalue weighted by Gasteiger charge is 2.33. The SMILES string of the molecule is CC1(c2ccccc2)CCCN(C(=O)CN)C1. The molecular weight excluding hydrogens is 212 g/mol. The van der Waals surface area contributed by atoms with Crippen molar-refractivity contribution in [2.45, 2.75) is 25.2 Å². The largest absolute Gasteiger partial charge is 0.341 e. The molecule has 0 saturated carbocycles. The lowest BCUT2D eigenvalue weighted by Gasteiger charge is -2.41. The molecule has 1 aliphatic heterocycles. The van der Waals surface area contributed by atoms with E-state index in [2.05, 4.69) is 31.2 Å². The highest BCUT2D eigenvalue weighted by atomic mass is 16.2. The monoisotopic (exact) mass is 232 g/mol. The predicted octanol–water partition coefficient (Wildman–Crippen LogP) is 1.53. The lowest BCUT2D eigenvalue weighted by molar-refractivity contribution is -0.131. The highest BCUT2D eigenvalue weighted by molar-refractivity contribution is 5.78. The molecule has 2 N–H and O–H groups in total. The van der Waals surface area contributed by atoms with E-state index < -0.39 is 0 Å². The van der Waals surface area contributed by atoms with Crippen LogP contribution in [0.15, 0.2) is 30.3 Å². The van der Waals surface area contributed by atoms with Gasteiger partial charge in [-0.15, -0.1) is 0 Å². The number of carbonyl (C=O) groups is 1. The van der Waals surface area contributed by atoms with Crippen molar-refractivity contribution in [2.75, 3.05) is 19.6 Å². The molecule has 0 radical (unpaired) electrons. The molecule has 3 heteroatoms. The highest BCUT2D eigenvalue weighted by Crippen LogP contribution is 2.33. The van der Waals surface area contributed by atoms with E-state index in [1.165, 1.54) is 5.56 Å². The van der Waals surface area contributed by atoms with E-state index in [1.807, 2.05) is 11.0 Å². The molecule has 1 aromatic rings. The molecule has 1 saturated heterocycles. The van der Waals surface area contributed by atoms with E-state index in [-0.39, 0.29) is 17.9 Å². The Balaban J connectivity index is 2.18. The lowest BCUT2D eigenvalue weighted by Crippen LogP contribution is -2.48. The minimum atomic E-state index is 0.0619. The van der Waals surface area contributed by atoms with Crippen LogP contribution in [0.4, 0.5) is 0 Å². The van der Waals surface area contributed by atoms with Gasteiger partial charge in [-0.2, -0.15) is 0 Å². The first-order valence-electron chi connectivity index (χ1n) is 6.19. The Hall–Kier alpha value is -1.35. The van der Waals surface area contributed by atoms with Crippen molar-refractivity contribution >= 4 is 5.91 Å². The minimum Gasteiger partial charge on any atom is -0.341 e. The maximum Gasteiger partial charge on any atom is 0.236 e. The number of likely N-dealkylation sites (tertiary alicyclic amines) is 1. The third kappa shape index (κ3) is 2.50. The summed E-state index contributed by atoms with van der Waals surface area (Å²) in [7, 11) is 0. The first-order chi connectivity index (χ1) is 8.15. The van der Waals surface area contributed by atoms with E-state index in [9.17, 15) is 4.79 Å². The van der Waals surface area contributed by atoms with Gasteiger partial charge in [0.25, 0.3) is 0 Å². The minimum absolute atomic E-state index is 0.0619. The Morgan fingerprint density at radius 2 is 2.12 bits per heavy atom. The van der Waals surface area contributed by atoms with Crippen LogP contribution in [0.5, 0.6) is 0 Å². The summed E-state index contributed by atoms with van der Waals surface area (Å²) in [6.07, 6.45) is 2.18. The van der Waals surface area contributed by atoms with Crippen molar-refractivity contribution in [1.82, 2.24) is 4.90 Å². The fraction of sp³-hybridized carbons (Fsp3) is 0.500. The smallest absolute Gasteiger partial charge is 0.236 e. The molecule has 0 aromatic heterocycles. The second-order valence-corrected chi connectivity index (χ2v) is 5.05. The first kappa shape index (κ1) is 12.1. The molecule has 3 nitrogen and oxygen atoms in total. The molecule has 1 fully saturated rings. The molecular formula is C14H20N2O. The Morgan fingerprint density at radius 3 is 2.76 bits per heavy atom. The van der Waals surface area contributed by atoms with Gasteiger partial charge in [-0.05, 0) is 18.4 Å². The van der Waals surface area contributed by atoms with Gasteiger partial charge >= 0.3 is 0 Å². The molecule has 92 valence electrons. The van der Waals surface area contributed by atoms with E-state index in [0.29, 0.717) is 0 Å². The van der Waals surface area contributed by atoms with Gasteiger partial charge in [0.2, 0.25) is 5.91 Å². The molecule has 17 heavy (non-hydrogen) atoms. The molecule has 1 heterocycles. The summed E-state index contributed by atoms with van der Waals surface area (Å²) >= 11 is 0. The summed E-state index contributed by atoms with van der Waals surface area (Å²) in [4.78, 5) is 13.6. The molecule has 1 unspecified atom stereocenters. The maximum absolute atomic E-state index is 11.7. The first-order valence-corrected chi connectivity index (χ1v) is 6.19. The zero-order valence-corrected chi connectivity index (χ0v) is 10.4. The fourth-order valence-corrected chi connectivity index (χ4v) is 2.66. The number of nitrogens with two attached hydrogens (primary N) is 1. The van der Waals surface area contributed by atoms with Crippen LogP contribution in [0.25, 0.3) is 0 Å². The van der Waals surface area contributed by atoms with Gasteiger partial charge in [0.05, 0.1) is 6.54 Å². The molecule has 1 aliphatic rings. The van der Waals surface area contributed by atoms with E-state index in [4.69, 9.17) is 5.73 Å². The van der Waals surface area contributed by atoms with Crippen molar-refractivity contribution in [1.29, 1.82) is 0 Å². The van der Waals surface area contributed by atoms with Crippen LogP contribution in [0, 0.1) is 0 Å². The lowest BCUT2D eigenvalue weighted by atomic mass is 9.76. The Labute approximate surface area is 103 Å². The number of nitrogens with zero attached hydrogens (tertiary/aromatic N) is 1. The van der Waals surface area contributed by atoms with Gasteiger partial charge in [0.15, 0.2) is 0 Å². The van der Waals surface area contributed by atoms with E-state index >= 15 is 0 Å². The van der Waals surface area contributed by atoms with Crippen molar-refractivity contribution in [3.05, 3.63) is 35.9 Å². The third-order valence-electron chi connectivity index (χ3n) is 3.69. The van der Waals surface area contributed by atoms with Crippen LogP contribution < -0.4 is 5.73 Å². The number of hydrogen-bond donors (Lipinski definition) is 1. The predicted molar refractivity (Wildman–Crippen MR) is 68.7 cm³/mol. The molecule has 0 aliphatic carbocycles. The number of hydrogen-bond acceptors (Lipinski definition) is 2.